The van der Waals surface area contributed by atoms with Crippen molar-refractivity contribution < 1.29 is 4.79 Å². The molecule has 0 heterocycles. The van der Waals surface area contributed by atoms with Crippen molar-refractivity contribution in [2.45, 2.75) is 46.2 Å². The second-order valence-corrected chi connectivity index (χ2v) is 4.72. The minimum absolute atomic E-state index is 0.0294. The molecule has 0 amide bonds. The Bertz CT molecular complexity index is 252. The normalized spacial score (nSPS) is 16.6. The van der Waals surface area contributed by atoms with Crippen LogP contribution in [-0.2, 0) is 4.79 Å². The SMILES string of the molecule is CC(C)C(=O)C(N)CC(C)C(C)NC(=N)N. The molecule has 5 heteroatoms. The van der Waals surface area contributed by atoms with Crippen LogP contribution in [-0.4, -0.2) is 23.8 Å². The van der Waals surface area contributed by atoms with Gasteiger partial charge in [-0.1, -0.05) is 20.8 Å². The largest absolute Gasteiger partial charge is 0.370 e. The summed E-state index contributed by atoms with van der Waals surface area (Å²) in [5.74, 6) is 0.199. The van der Waals surface area contributed by atoms with Crippen LogP contribution in [0.4, 0.5) is 0 Å². The van der Waals surface area contributed by atoms with Gasteiger partial charge in [0.1, 0.15) is 0 Å². The zero-order valence-corrected chi connectivity index (χ0v) is 10.6. The highest BCUT2D eigenvalue weighted by molar-refractivity contribution is 5.85. The summed E-state index contributed by atoms with van der Waals surface area (Å²) >= 11 is 0. The molecule has 0 rings (SSSR count). The molecule has 0 aliphatic rings. The summed E-state index contributed by atoms with van der Waals surface area (Å²) < 4.78 is 0. The van der Waals surface area contributed by atoms with Gasteiger partial charge in [0.25, 0.3) is 0 Å². The topological polar surface area (TPSA) is 105 Å². The third kappa shape index (κ3) is 5.11. The zero-order chi connectivity index (χ0) is 12.9. The molecule has 0 aliphatic carbocycles. The van der Waals surface area contributed by atoms with Gasteiger partial charge in [0.2, 0.25) is 0 Å². The Morgan fingerprint density at radius 1 is 1.31 bits per heavy atom. The maximum Gasteiger partial charge on any atom is 0.185 e. The fraction of sp³-hybridized carbons (Fsp3) is 0.818. The maximum atomic E-state index is 11.6. The molecule has 5 nitrogen and oxygen atoms in total. The Labute approximate surface area is 97.5 Å². The monoisotopic (exact) mass is 228 g/mol. The van der Waals surface area contributed by atoms with Gasteiger partial charge in [-0.3, -0.25) is 10.2 Å². The first-order valence-electron chi connectivity index (χ1n) is 5.65. The third-order valence-electron chi connectivity index (χ3n) is 2.80. The molecule has 0 radical (unpaired) electrons. The van der Waals surface area contributed by atoms with E-state index < -0.39 is 6.04 Å². The van der Waals surface area contributed by atoms with Crippen LogP contribution in [0.25, 0.3) is 0 Å². The Balaban J connectivity index is 4.17. The third-order valence-corrected chi connectivity index (χ3v) is 2.80. The fourth-order valence-corrected chi connectivity index (χ4v) is 1.54. The number of guanidine groups is 1. The molecule has 16 heavy (non-hydrogen) atoms. The lowest BCUT2D eigenvalue weighted by atomic mass is 9.90. The molecule has 0 fully saturated rings. The zero-order valence-electron chi connectivity index (χ0n) is 10.6. The molecule has 94 valence electrons. The van der Waals surface area contributed by atoms with Crippen LogP contribution in [0.15, 0.2) is 0 Å². The number of nitrogens with one attached hydrogen (secondary N) is 2. The Kier molecular flexibility index (Phi) is 6.03. The first-order chi connectivity index (χ1) is 7.25. The van der Waals surface area contributed by atoms with E-state index in [1.165, 1.54) is 0 Å². The van der Waals surface area contributed by atoms with Crippen LogP contribution < -0.4 is 16.8 Å². The molecule has 0 saturated carbocycles. The van der Waals surface area contributed by atoms with Crippen LogP contribution in [0.1, 0.15) is 34.1 Å². The maximum absolute atomic E-state index is 11.6. The standard InChI is InChI=1S/C11H24N4O/c1-6(2)10(16)9(12)5-7(3)8(4)15-11(13)14/h6-9H,5,12H2,1-4H3,(H4,13,14,15). The number of carbonyl (C=O) groups excluding carboxylic acids is 1. The lowest BCUT2D eigenvalue weighted by Crippen LogP contribution is -2.44. The predicted octanol–water partition coefficient (Wildman–Crippen LogP) is 0.437. The van der Waals surface area contributed by atoms with Crippen molar-refractivity contribution in [3.8, 4) is 0 Å². The summed E-state index contributed by atoms with van der Waals surface area (Å²) in [6, 6.07) is -0.380. The summed E-state index contributed by atoms with van der Waals surface area (Å²) in [5, 5.41) is 9.93. The van der Waals surface area contributed by atoms with Crippen molar-refractivity contribution in [2.75, 3.05) is 0 Å². The van der Waals surface area contributed by atoms with E-state index in [-0.39, 0.29) is 29.6 Å². The van der Waals surface area contributed by atoms with Crippen LogP contribution in [0.2, 0.25) is 0 Å². The Hall–Kier alpha value is -1.10. The molecule has 0 aliphatic heterocycles. The van der Waals surface area contributed by atoms with Gasteiger partial charge in [0, 0.05) is 12.0 Å². The average molecular weight is 228 g/mol. The predicted molar refractivity (Wildman–Crippen MR) is 66.1 cm³/mol. The van der Waals surface area contributed by atoms with Crippen LogP contribution in [0.3, 0.4) is 0 Å². The molecule has 0 aromatic rings. The molecular weight excluding hydrogens is 204 g/mol. The van der Waals surface area contributed by atoms with E-state index in [2.05, 4.69) is 5.32 Å². The lowest BCUT2D eigenvalue weighted by Gasteiger charge is -2.24. The van der Waals surface area contributed by atoms with E-state index in [1.54, 1.807) is 0 Å². The molecule has 0 spiro atoms. The Morgan fingerprint density at radius 2 is 1.81 bits per heavy atom. The number of ketones is 1. The molecule has 0 aromatic heterocycles. The molecule has 3 atom stereocenters. The van der Waals surface area contributed by atoms with Gasteiger partial charge >= 0.3 is 0 Å². The number of hydrogen-bond donors (Lipinski definition) is 4. The van der Waals surface area contributed by atoms with Crippen molar-refractivity contribution in [3.05, 3.63) is 0 Å². The van der Waals surface area contributed by atoms with Gasteiger partial charge in [0.05, 0.1) is 6.04 Å². The summed E-state index contributed by atoms with van der Waals surface area (Å²) in [4.78, 5) is 11.6. The second-order valence-electron chi connectivity index (χ2n) is 4.72. The Morgan fingerprint density at radius 3 is 2.19 bits per heavy atom. The summed E-state index contributed by atoms with van der Waals surface area (Å²) in [6.07, 6.45) is 0.610. The number of rotatable bonds is 6. The van der Waals surface area contributed by atoms with E-state index in [4.69, 9.17) is 16.9 Å². The van der Waals surface area contributed by atoms with Gasteiger partial charge in [-0.05, 0) is 19.3 Å². The van der Waals surface area contributed by atoms with Crippen LogP contribution >= 0.6 is 0 Å². The highest BCUT2D eigenvalue weighted by atomic mass is 16.1. The van der Waals surface area contributed by atoms with E-state index >= 15 is 0 Å². The quantitative estimate of drug-likeness (QED) is 0.391. The minimum atomic E-state index is -0.425. The summed E-state index contributed by atoms with van der Waals surface area (Å²) in [5.41, 5.74) is 11.1. The van der Waals surface area contributed by atoms with Gasteiger partial charge < -0.3 is 16.8 Å². The highest BCUT2D eigenvalue weighted by Crippen LogP contribution is 2.12. The van der Waals surface area contributed by atoms with E-state index in [0.717, 1.165) is 0 Å². The molecule has 3 unspecified atom stereocenters. The molecule has 0 bridgehead atoms. The van der Waals surface area contributed by atoms with Crippen molar-refractivity contribution in [3.63, 3.8) is 0 Å². The highest BCUT2D eigenvalue weighted by Gasteiger charge is 2.22. The minimum Gasteiger partial charge on any atom is -0.370 e. The lowest BCUT2D eigenvalue weighted by molar-refractivity contribution is -0.123. The van der Waals surface area contributed by atoms with E-state index in [0.29, 0.717) is 6.42 Å². The first kappa shape index (κ1) is 14.9. The smallest absolute Gasteiger partial charge is 0.185 e. The first-order valence-corrected chi connectivity index (χ1v) is 5.65. The molecule has 0 saturated heterocycles. The average Bonchev–Trinajstić information content (AvgIpc) is 2.14. The molecule has 0 aromatic carbocycles. The van der Waals surface area contributed by atoms with Crippen molar-refractivity contribution in [1.29, 1.82) is 5.41 Å². The van der Waals surface area contributed by atoms with E-state index in [9.17, 15) is 4.79 Å². The van der Waals surface area contributed by atoms with Gasteiger partial charge in [-0.2, -0.15) is 0 Å². The van der Waals surface area contributed by atoms with Gasteiger partial charge in [-0.25, -0.2) is 0 Å². The van der Waals surface area contributed by atoms with Gasteiger partial charge in [-0.15, -0.1) is 0 Å². The number of hydrogen-bond acceptors (Lipinski definition) is 3. The molecule has 6 N–H and O–H groups in total. The summed E-state index contributed by atoms with van der Waals surface area (Å²) in [6.45, 7) is 7.63. The molecular formula is C11H24N4O. The number of carbonyl (C=O) groups is 1. The fourth-order valence-electron chi connectivity index (χ4n) is 1.54. The second kappa shape index (κ2) is 6.48. The van der Waals surface area contributed by atoms with E-state index in [1.807, 2.05) is 27.7 Å². The van der Waals surface area contributed by atoms with Crippen molar-refractivity contribution >= 4 is 11.7 Å². The van der Waals surface area contributed by atoms with Crippen LogP contribution in [0, 0.1) is 17.2 Å². The van der Waals surface area contributed by atoms with Crippen molar-refractivity contribution in [1.82, 2.24) is 5.32 Å². The summed E-state index contributed by atoms with van der Waals surface area (Å²) in [7, 11) is 0. The number of Topliss-reactive ketones (excluding diaryl/α,β-unsaturated/α-hetero) is 1. The number of nitrogens with two attached hydrogens (primary N) is 2. The van der Waals surface area contributed by atoms with Crippen molar-refractivity contribution in [2.24, 2.45) is 23.3 Å². The van der Waals surface area contributed by atoms with Crippen LogP contribution in [0.5, 0.6) is 0 Å². The van der Waals surface area contributed by atoms with Gasteiger partial charge in [0.15, 0.2) is 11.7 Å².